The SMILES string of the molecule is CCN(CC(=O)Nc1ccc2c(c1)OCCO2)C(=O)c1cc(-c2ccc(F)cc2)nc2onc(C)c12. The van der Waals surface area contributed by atoms with Crippen LogP contribution in [0.2, 0.25) is 0 Å². The molecule has 0 saturated carbocycles. The Labute approximate surface area is 205 Å². The zero-order chi connectivity index (χ0) is 25.2. The van der Waals surface area contributed by atoms with Crippen molar-refractivity contribution < 1.29 is 28.0 Å². The lowest BCUT2D eigenvalue weighted by molar-refractivity contribution is -0.116. The Morgan fingerprint density at radius 1 is 1.06 bits per heavy atom. The van der Waals surface area contributed by atoms with Crippen molar-refractivity contribution in [1.29, 1.82) is 0 Å². The fraction of sp³-hybridized carbons (Fsp3) is 0.231. The molecule has 0 fully saturated rings. The topological polar surface area (TPSA) is 107 Å². The third-order valence-corrected chi connectivity index (χ3v) is 5.82. The first kappa shape index (κ1) is 23.3. The van der Waals surface area contributed by atoms with E-state index in [2.05, 4.69) is 15.5 Å². The highest BCUT2D eigenvalue weighted by Crippen LogP contribution is 2.33. The van der Waals surface area contributed by atoms with E-state index in [9.17, 15) is 14.0 Å². The van der Waals surface area contributed by atoms with Crippen LogP contribution in [-0.4, -0.2) is 53.2 Å². The second kappa shape index (κ2) is 9.65. The van der Waals surface area contributed by atoms with Gasteiger partial charge in [-0.05, 0) is 56.3 Å². The lowest BCUT2D eigenvalue weighted by Crippen LogP contribution is -2.38. The second-order valence-corrected chi connectivity index (χ2v) is 8.24. The lowest BCUT2D eigenvalue weighted by atomic mass is 10.0. The van der Waals surface area contributed by atoms with Gasteiger partial charge in [-0.15, -0.1) is 0 Å². The highest BCUT2D eigenvalue weighted by molar-refractivity contribution is 6.08. The number of rotatable bonds is 6. The molecule has 4 aromatic rings. The van der Waals surface area contributed by atoms with Gasteiger partial charge < -0.3 is 24.2 Å². The van der Waals surface area contributed by atoms with Crippen LogP contribution in [0.1, 0.15) is 23.0 Å². The standard InChI is InChI=1S/C26H23FN4O5/c1-3-31(14-23(32)28-18-8-9-21-22(12-18)35-11-10-34-21)26(33)19-13-20(16-4-6-17(27)7-5-16)29-25-24(19)15(2)30-36-25/h4-9,12-13H,3,10-11,14H2,1-2H3,(H,28,32). The second-order valence-electron chi connectivity index (χ2n) is 8.24. The molecule has 2 aromatic heterocycles. The molecule has 36 heavy (non-hydrogen) atoms. The number of ether oxygens (including phenoxy) is 2. The predicted molar refractivity (Wildman–Crippen MR) is 130 cm³/mol. The van der Waals surface area contributed by atoms with Gasteiger partial charge in [-0.1, -0.05) is 5.16 Å². The largest absolute Gasteiger partial charge is 0.486 e. The minimum atomic E-state index is -0.382. The molecule has 10 heteroatoms. The zero-order valence-corrected chi connectivity index (χ0v) is 19.7. The molecule has 3 heterocycles. The molecule has 0 atom stereocenters. The van der Waals surface area contributed by atoms with Gasteiger partial charge in [-0.2, -0.15) is 0 Å². The number of nitrogens with zero attached hydrogens (tertiary/aromatic N) is 3. The van der Waals surface area contributed by atoms with Crippen molar-refractivity contribution in [2.75, 3.05) is 31.6 Å². The molecule has 184 valence electrons. The van der Waals surface area contributed by atoms with Gasteiger partial charge in [0.05, 0.1) is 22.3 Å². The quantitative estimate of drug-likeness (QED) is 0.432. The Hall–Kier alpha value is -4.47. The average molecular weight is 490 g/mol. The van der Waals surface area contributed by atoms with Crippen molar-refractivity contribution >= 4 is 28.6 Å². The van der Waals surface area contributed by atoms with E-state index in [-0.39, 0.29) is 36.4 Å². The summed E-state index contributed by atoms with van der Waals surface area (Å²) in [5, 5.41) is 7.23. The molecular formula is C26H23FN4O5. The summed E-state index contributed by atoms with van der Waals surface area (Å²) in [6.45, 7) is 4.52. The summed E-state index contributed by atoms with van der Waals surface area (Å²) in [7, 11) is 0. The van der Waals surface area contributed by atoms with Crippen molar-refractivity contribution in [2.45, 2.75) is 13.8 Å². The minimum Gasteiger partial charge on any atom is -0.486 e. The smallest absolute Gasteiger partial charge is 0.259 e. The maximum atomic E-state index is 13.6. The molecule has 1 aliphatic rings. The summed E-state index contributed by atoms with van der Waals surface area (Å²) in [5.74, 6) is 0.0444. The van der Waals surface area contributed by atoms with E-state index in [1.165, 1.54) is 17.0 Å². The number of fused-ring (bicyclic) bond motifs is 2. The first-order chi connectivity index (χ1) is 17.4. The molecule has 0 saturated heterocycles. The van der Waals surface area contributed by atoms with Crippen molar-refractivity contribution in [2.24, 2.45) is 0 Å². The number of amides is 2. The molecule has 0 spiro atoms. The van der Waals surface area contributed by atoms with Gasteiger partial charge in [0.15, 0.2) is 11.5 Å². The van der Waals surface area contributed by atoms with E-state index in [1.807, 2.05) is 0 Å². The number of hydrogen-bond acceptors (Lipinski definition) is 7. The average Bonchev–Trinajstić information content (AvgIpc) is 3.27. The maximum Gasteiger partial charge on any atom is 0.259 e. The number of likely N-dealkylation sites (N-methyl/N-ethyl adjacent to an activating group) is 1. The van der Waals surface area contributed by atoms with Gasteiger partial charge in [0.25, 0.3) is 11.6 Å². The summed E-state index contributed by atoms with van der Waals surface area (Å²) in [6, 6.07) is 12.5. The molecule has 0 unspecified atom stereocenters. The van der Waals surface area contributed by atoms with Crippen molar-refractivity contribution in [3.63, 3.8) is 0 Å². The van der Waals surface area contributed by atoms with E-state index >= 15 is 0 Å². The third-order valence-electron chi connectivity index (χ3n) is 5.82. The van der Waals surface area contributed by atoms with Crippen molar-refractivity contribution in [3.05, 3.63) is 65.6 Å². The number of benzene rings is 2. The number of aryl methyl sites for hydroxylation is 1. The number of carbonyl (C=O) groups is 2. The molecule has 1 N–H and O–H groups in total. The molecule has 1 aliphatic heterocycles. The number of aromatic nitrogens is 2. The fourth-order valence-corrected chi connectivity index (χ4v) is 4.02. The predicted octanol–water partition coefficient (Wildman–Crippen LogP) is 4.21. The van der Waals surface area contributed by atoms with Crippen LogP contribution in [0.5, 0.6) is 11.5 Å². The highest BCUT2D eigenvalue weighted by Gasteiger charge is 2.24. The van der Waals surface area contributed by atoms with Crippen LogP contribution < -0.4 is 14.8 Å². The van der Waals surface area contributed by atoms with Crippen molar-refractivity contribution in [3.8, 4) is 22.8 Å². The van der Waals surface area contributed by atoms with Crippen molar-refractivity contribution in [1.82, 2.24) is 15.0 Å². The lowest BCUT2D eigenvalue weighted by Gasteiger charge is -2.22. The van der Waals surface area contributed by atoms with Crippen LogP contribution in [0.4, 0.5) is 10.1 Å². The Morgan fingerprint density at radius 2 is 1.81 bits per heavy atom. The summed E-state index contributed by atoms with van der Waals surface area (Å²) in [4.78, 5) is 32.3. The number of carbonyl (C=O) groups excluding carboxylic acids is 2. The van der Waals surface area contributed by atoms with Gasteiger partial charge in [0.2, 0.25) is 5.91 Å². The fourth-order valence-electron chi connectivity index (χ4n) is 4.02. The van der Waals surface area contributed by atoms with Crippen LogP contribution in [0.3, 0.4) is 0 Å². The third kappa shape index (κ3) is 4.57. The summed E-state index contributed by atoms with van der Waals surface area (Å²) >= 11 is 0. The van der Waals surface area contributed by atoms with Crippen LogP contribution >= 0.6 is 0 Å². The van der Waals surface area contributed by atoms with E-state index < -0.39 is 0 Å². The molecule has 9 nitrogen and oxygen atoms in total. The number of hydrogen-bond donors (Lipinski definition) is 1. The van der Waals surface area contributed by atoms with E-state index in [4.69, 9.17) is 14.0 Å². The molecule has 0 aliphatic carbocycles. The minimum absolute atomic E-state index is 0.177. The Balaban J connectivity index is 1.40. The molecular weight excluding hydrogens is 467 g/mol. The molecule has 0 bridgehead atoms. The number of pyridine rings is 1. The maximum absolute atomic E-state index is 13.6. The highest BCUT2D eigenvalue weighted by atomic mass is 19.1. The number of nitrogens with one attached hydrogen (secondary N) is 1. The van der Waals surface area contributed by atoms with E-state index in [1.54, 1.807) is 50.2 Å². The van der Waals surface area contributed by atoms with Crippen LogP contribution in [0.15, 0.2) is 53.1 Å². The monoisotopic (exact) mass is 490 g/mol. The molecule has 2 amide bonds. The van der Waals surface area contributed by atoms with E-state index in [0.29, 0.717) is 58.3 Å². The molecule has 2 aromatic carbocycles. The van der Waals surface area contributed by atoms with Gasteiger partial charge >= 0.3 is 0 Å². The van der Waals surface area contributed by atoms with Gasteiger partial charge in [-0.25, -0.2) is 9.37 Å². The van der Waals surface area contributed by atoms with Gasteiger partial charge in [0, 0.05) is 23.9 Å². The zero-order valence-electron chi connectivity index (χ0n) is 19.7. The Morgan fingerprint density at radius 3 is 2.56 bits per heavy atom. The summed E-state index contributed by atoms with van der Waals surface area (Å²) in [6.07, 6.45) is 0. The number of halogens is 1. The number of anilines is 1. The van der Waals surface area contributed by atoms with Gasteiger partial charge in [-0.3, -0.25) is 9.59 Å². The first-order valence-corrected chi connectivity index (χ1v) is 11.4. The van der Waals surface area contributed by atoms with Crippen LogP contribution in [0.25, 0.3) is 22.4 Å². The molecule has 0 radical (unpaired) electrons. The molecule has 5 rings (SSSR count). The first-order valence-electron chi connectivity index (χ1n) is 11.4. The Kier molecular flexibility index (Phi) is 6.24. The van der Waals surface area contributed by atoms with Crippen LogP contribution in [0, 0.1) is 12.7 Å². The van der Waals surface area contributed by atoms with Gasteiger partial charge in [0.1, 0.15) is 25.6 Å². The summed E-state index contributed by atoms with van der Waals surface area (Å²) < 4.78 is 29.8. The normalized spacial score (nSPS) is 12.4. The summed E-state index contributed by atoms with van der Waals surface area (Å²) in [5.41, 5.74) is 2.57. The van der Waals surface area contributed by atoms with Crippen LogP contribution in [-0.2, 0) is 4.79 Å². The Bertz CT molecular complexity index is 1450. The van der Waals surface area contributed by atoms with E-state index in [0.717, 1.165) is 0 Å².